The summed E-state index contributed by atoms with van der Waals surface area (Å²) in [7, 11) is 0. The lowest BCUT2D eigenvalue weighted by atomic mass is 9.99. The number of amides is 2. The molecule has 0 atom stereocenters. The van der Waals surface area contributed by atoms with Crippen LogP contribution in [-0.4, -0.2) is 25.3 Å². The number of hydrogen-bond donors (Lipinski definition) is 3. The number of fused-ring (bicyclic) bond motifs is 1. The summed E-state index contributed by atoms with van der Waals surface area (Å²) in [5.74, 6) is 0. The van der Waals surface area contributed by atoms with E-state index < -0.39 is 18.8 Å². The van der Waals surface area contributed by atoms with Crippen molar-refractivity contribution in [3.63, 3.8) is 0 Å². The van der Waals surface area contributed by atoms with Crippen molar-refractivity contribution in [2.24, 2.45) is 0 Å². The number of benzene rings is 1. The zero-order chi connectivity index (χ0) is 13.9. The van der Waals surface area contributed by atoms with Gasteiger partial charge in [-0.3, -0.25) is 0 Å². The van der Waals surface area contributed by atoms with E-state index >= 15 is 0 Å². The highest BCUT2D eigenvalue weighted by molar-refractivity contribution is 5.90. The van der Waals surface area contributed by atoms with E-state index in [-0.39, 0.29) is 0 Å². The molecule has 0 aliphatic carbocycles. The normalized spacial score (nSPS) is 14.7. The highest BCUT2D eigenvalue weighted by Gasteiger charge is 2.27. The van der Waals surface area contributed by atoms with Gasteiger partial charge in [-0.05, 0) is 30.2 Å². The molecule has 0 spiro atoms. The summed E-state index contributed by atoms with van der Waals surface area (Å²) in [4.78, 5) is 11.4. The fourth-order valence-corrected chi connectivity index (χ4v) is 2.00. The molecule has 1 aliphatic heterocycles. The lowest BCUT2D eigenvalue weighted by Gasteiger charge is -2.20. The Balaban J connectivity index is 2.01. The van der Waals surface area contributed by atoms with E-state index in [0.717, 1.165) is 24.1 Å². The van der Waals surface area contributed by atoms with Gasteiger partial charge in [0, 0.05) is 12.2 Å². The first kappa shape index (κ1) is 13.7. The largest absolute Gasteiger partial charge is 0.405 e. The molecule has 1 aromatic carbocycles. The summed E-state index contributed by atoms with van der Waals surface area (Å²) >= 11 is 0. The SMILES string of the molecule is O=C(NCC(F)(F)F)Nc1cccc2c1CCNC2. The van der Waals surface area contributed by atoms with Gasteiger partial charge >= 0.3 is 12.2 Å². The summed E-state index contributed by atoms with van der Waals surface area (Å²) in [6.45, 7) is 0.153. The molecule has 7 heteroatoms. The van der Waals surface area contributed by atoms with E-state index in [1.807, 2.05) is 6.07 Å². The lowest BCUT2D eigenvalue weighted by molar-refractivity contribution is -0.122. The first-order chi connectivity index (χ1) is 8.96. The number of anilines is 1. The van der Waals surface area contributed by atoms with E-state index in [0.29, 0.717) is 12.2 Å². The Kier molecular flexibility index (Phi) is 3.94. The molecule has 0 unspecified atom stereocenters. The van der Waals surface area contributed by atoms with Crippen LogP contribution in [0.4, 0.5) is 23.7 Å². The molecule has 0 saturated heterocycles. The average molecular weight is 273 g/mol. The summed E-state index contributed by atoms with van der Waals surface area (Å²) in [5.41, 5.74) is 2.60. The summed E-state index contributed by atoms with van der Waals surface area (Å²) < 4.78 is 35.9. The van der Waals surface area contributed by atoms with Crippen LogP contribution in [0, 0.1) is 0 Å². The van der Waals surface area contributed by atoms with Crippen molar-refractivity contribution in [3.8, 4) is 0 Å². The summed E-state index contributed by atoms with van der Waals surface area (Å²) in [6.07, 6.45) is -3.66. The quantitative estimate of drug-likeness (QED) is 0.772. The number of carbonyl (C=O) groups excluding carboxylic acids is 1. The predicted octanol–water partition coefficient (Wildman–Crippen LogP) is 2.02. The molecule has 2 rings (SSSR count). The molecule has 0 bridgehead atoms. The van der Waals surface area contributed by atoms with E-state index in [1.54, 1.807) is 17.4 Å². The maximum Gasteiger partial charge on any atom is 0.405 e. The molecule has 0 fully saturated rings. The highest BCUT2D eigenvalue weighted by atomic mass is 19.4. The van der Waals surface area contributed by atoms with Crippen molar-refractivity contribution in [1.29, 1.82) is 0 Å². The fraction of sp³-hybridized carbons (Fsp3) is 0.417. The van der Waals surface area contributed by atoms with Gasteiger partial charge < -0.3 is 16.0 Å². The Morgan fingerprint density at radius 1 is 1.37 bits per heavy atom. The Morgan fingerprint density at radius 2 is 2.16 bits per heavy atom. The van der Waals surface area contributed by atoms with Crippen LogP contribution in [0.2, 0.25) is 0 Å². The molecule has 19 heavy (non-hydrogen) atoms. The topological polar surface area (TPSA) is 53.2 Å². The minimum absolute atomic E-state index is 0.568. The average Bonchev–Trinajstić information content (AvgIpc) is 2.36. The maximum atomic E-state index is 12.0. The van der Waals surface area contributed by atoms with Crippen LogP contribution in [0.3, 0.4) is 0 Å². The van der Waals surface area contributed by atoms with Crippen molar-refractivity contribution in [1.82, 2.24) is 10.6 Å². The molecule has 0 aromatic heterocycles. The Bertz CT molecular complexity index is 474. The van der Waals surface area contributed by atoms with Crippen LogP contribution in [-0.2, 0) is 13.0 Å². The van der Waals surface area contributed by atoms with E-state index in [4.69, 9.17) is 0 Å². The first-order valence-corrected chi connectivity index (χ1v) is 5.89. The second-order valence-corrected chi connectivity index (χ2v) is 4.29. The third-order valence-electron chi connectivity index (χ3n) is 2.84. The summed E-state index contributed by atoms with van der Waals surface area (Å²) in [5, 5.41) is 7.44. The van der Waals surface area contributed by atoms with Crippen LogP contribution >= 0.6 is 0 Å². The van der Waals surface area contributed by atoms with Gasteiger partial charge in [0.1, 0.15) is 6.54 Å². The van der Waals surface area contributed by atoms with Crippen molar-refractivity contribution in [2.75, 3.05) is 18.4 Å². The number of urea groups is 1. The van der Waals surface area contributed by atoms with Gasteiger partial charge in [0.25, 0.3) is 0 Å². The molecular weight excluding hydrogens is 259 g/mol. The zero-order valence-electron chi connectivity index (χ0n) is 10.1. The van der Waals surface area contributed by atoms with Gasteiger partial charge in [0.2, 0.25) is 0 Å². The van der Waals surface area contributed by atoms with Gasteiger partial charge in [-0.1, -0.05) is 12.1 Å². The van der Waals surface area contributed by atoms with E-state index in [1.165, 1.54) is 0 Å². The van der Waals surface area contributed by atoms with Gasteiger partial charge in [-0.25, -0.2) is 4.79 Å². The lowest BCUT2D eigenvalue weighted by Crippen LogP contribution is -2.37. The maximum absolute atomic E-state index is 12.0. The molecule has 2 amide bonds. The molecule has 104 valence electrons. The number of nitrogens with one attached hydrogen (secondary N) is 3. The van der Waals surface area contributed by atoms with Crippen LogP contribution in [0.5, 0.6) is 0 Å². The molecule has 1 aliphatic rings. The van der Waals surface area contributed by atoms with E-state index in [9.17, 15) is 18.0 Å². The van der Waals surface area contributed by atoms with Crippen LogP contribution in [0.25, 0.3) is 0 Å². The van der Waals surface area contributed by atoms with Gasteiger partial charge in [0.15, 0.2) is 0 Å². The molecule has 1 aromatic rings. The predicted molar refractivity (Wildman–Crippen MR) is 64.9 cm³/mol. The van der Waals surface area contributed by atoms with Crippen molar-refractivity contribution in [3.05, 3.63) is 29.3 Å². The van der Waals surface area contributed by atoms with Gasteiger partial charge in [-0.2, -0.15) is 13.2 Å². The van der Waals surface area contributed by atoms with Crippen LogP contribution in [0.15, 0.2) is 18.2 Å². The minimum Gasteiger partial charge on any atom is -0.329 e. The van der Waals surface area contributed by atoms with Crippen molar-refractivity contribution < 1.29 is 18.0 Å². The highest BCUT2D eigenvalue weighted by Crippen LogP contribution is 2.23. The third-order valence-corrected chi connectivity index (χ3v) is 2.84. The number of halogens is 3. The van der Waals surface area contributed by atoms with Crippen molar-refractivity contribution >= 4 is 11.7 Å². The fourth-order valence-electron chi connectivity index (χ4n) is 2.00. The Labute approximate surface area is 108 Å². The van der Waals surface area contributed by atoms with Crippen molar-refractivity contribution in [2.45, 2.75) is 19.1 Å². The number of carbonyl (C=O) groups is 1. The van der Waals surface area contributed by atoms with Crippen LogP contribution in [0.1, 0.15) is 11.1 Å². The Hall–Kier alpha value is -1.76. The smallest absolute Gasteiger partial charge is 0.329 e. The molecule has 3 N–H and O–H groups in total. The van der Waals surface area contributed by atoms with E-state index in [2.05, 4.69) is 10.6 Å². The van der Waals surface area contributed by atoms with Gasteiger partial charge in [-0.15, -0.1) is 0 Å². The molecule has 4 nitrogen and oxygen atoms in total. The molecular formula is C12H14F3N3O. The third kappa shape index (κ3) is 3.85. The standard InChI is InChI=1S/C12H14F3N3O/c13-12(14,15)7-17-11(19)18-10-3-1-2-8-6-16-5-4-9(8)10/h1-3,16H,4-7H2,(H2,17,18,19). The molecule has 0 saturated carbocycles. The summed E-state index contributed by atoms with van der Waals surface area (Å²) in [6, 6.07) is 4.55. The second-order valence-electron chi connectivity index (χ2n) is 4.29. The molecule has 0 radical (unpaired) electrons. The zero-order valence-corrected chi connectivity index (χ0v) is 10.1. The second kappa shape index (κ2) is 5.48. The Morgan fingerprint density at radius 3 is 2.89 bits per heavy atom. The van der Waals surface area contributed by atoms with Gasteiger partial charge in [0.05, 0.1) is 0 Å². The first-order valence-electron chi connectivity index (χ1n) is 5.89. The monoisotopic (exact) mass is 273 g/mol. The molecule has 1 heterocycles. The number of rotatable bonds is 2. The number of hydrogen-bond acceptors (Lipinski definition) is 2. The van der Waals surface area contributed by atoms with Crippen LogP contribution < -0.4 is 16.0 Å². The minimum atomic E-state index is -4.41. The number of alkyl halides is 3.